The van der Waals surface area contributed by atoms with Crippen molar-refractivity contribution in [1.82, 2.24) is 4.90 Å². The molecule has 1 aromatic rings. The molecule has 0 radical (unpaired) electrons. The smallest absolute Gasteiger partial charge is 0.236 e. The largest absolute Gasteiger partial charge is 0.497 e. The van der Waals surface area contributed by atoms with Crippen molar-refractivity contribution in [2.24, 2.45) is 0 Å². The van der Waals surface area contributed by atoms with Crippen molar-refractivity contribution >= 4 is 23.5 Å². The van der Waals surface area contributed by atoms with E-state index in [0.29, 0.717) is 5.84 Å². The minimum Gasteiger partial charge on any atom is -0.497 e. The molecule has 0 spiro atoms. The summed E-state index contributed by atoms with van der Waals surface area (Å²) >= 11 is 1.54. The number of carbonyl (C=O) groups is 1. The summed E-state index contributed by atoms with van der Waals surface area (Å²) in [5.41, 5.74) is 0.939. The summed E-state index contributed by atoms with van der Waals surface area (Å²) in [5.74, 6) is 0.884. The zero-order valence-corrected chi connectivity index (χ0v) is 11.5. The number of benzene rings is 1. The van der Waals surface area contributed by atoms with E-state index in [1.165, 1.54) is 4.90 Å². The summed E-state index contributed by atoms with van der Waals surface area (Å²) in [6, 6.07) is 7.50. The van der Waals surface area contributed by atoms with Crippen LogP contribution in [0.4, 0.5) is 0 Å². The monoisotopic (exact) mass is 264 g/mol. The number of thioether (sulfide) groups is 1. The van der Waals surface area contributed by atoms with Crippen LogP contribution in [-0.2, 0) is 4.79 Å². The summed E-state index contributed by atoms with van der Waals surface area (Å²) in [7, 11) is 3.28. The molecule has 1 heterocycles. The van der Waals surface area contributed by atoms with Gasteiger partial charge in [-0.25, -0.2) is 0 Å². The standard InChI is InChI=1S/C13H16N2O2S/c1-15-12(14)11(18-3)10(13(15)16)8-4-6-9(17-2)7-5-8/h4-7,10-11,14H,1-3H3/t10-,11+/m1/s1. The Labute approximate surface area is 111 Å². The third-order valence-electron chi connectivity index (χ3n) is 3.26. The average Bonchev–Trinajstić information content (AvgIpc) is 2.63. The Hall–Kier alpha value is -1.49. The first-order chi connectivity index (χ1) is 8.60. The Morgan fingerprint density at radius 2 is 1.94 bits per heavy atom. The van der Waals surface area contributed by atoms with Crippen LogP contribution in [0.5, 0.6) is 5.75 Å². The topological polar surface area (TPSA) is 53.4 Å². The fourth-order valence-corrected chi connectivity index (χ4v) is 3.11. The molecule has 0 unspecified atom stereocenters. The van der Waals surface area contributed by atoms with E-state index < -0.39 is 0 Å². The molecule has 4 nitrogen and oxygen atoms in total. The zero-order chi connectivity index (χ0) is 13.3. The Kier molecular flexibility index (Phi) is 3.61. The first-order valence-corrected chi connectivity index (χ1v) is 6.91. The second-order valence-corrected chi connectivity index (χ2v) is 5.17. The molecule has 1 amide bonds. The average molecular weight is 264 g/mol. The van der Waals surface area contributed by atoms with Crippen LogP contribution in [0, 0.1) is 5.41 Å². The van der Waals surface area contributed by atoms with E-state index >= 15 is 0 Å². The number of hydrogen-bond acceptors (Lipinski definition) is 4. The quantitative estimate of drug-likeness (QED) is 0.908. The number of hydrogen-bond donors (Lipinski definition) is 1. The number of carbonyl (C=O) groups excluding carboxylic acids is 1. The van der Waals surface area contributed by atoms with Crippen LogP contribution in [0.15, 0.2) is 24.3 Å². The molecule has 2 atom stereocenters. The molecule has 18 heavy (non-hydrogen) atoms. The second kappa shape index (κ2) is 5.02. The molecule has 1 aliphatic rings. The minimum atomic E-state index is -0.261. The number of nitrogens with zero attached hydrogens (tertiary/aromatic N) is 1. The van der Waals surface area contributed by atoms with Gasteiger partial charge in [-0.2, -0.15) is 11.8 Å². The molecular weight excluding hydrogens is 248 g/mol. The fourth-order valence-electron chi connectivity index (χ4n) is 2.18. The number of amidine groups is 1. The van der Waals surface area contributed by atoms with E-state index in [0.717, 1.165) is 11.3 Å². The van der Waals surface area contributed by atoms with Crippen molar-refractivity contribution in [2.45, 2.75) is 11.2 Å². The number of nitrogens with one attached hydrogen (secondary N) is 1. The SMILES string of the molecule is COc1ccc([C@H]2C(=O)N(C)C(=N)[C@H]2SC)cc1. The Morgan fingerprint density at radius 3 is 2.44 bits per heavy atom. The number of amides is 1. The van der Waals surface area contributed by atoms with Gasteiger partial charge in [0.15, 0.2) is 0 Å². The van der Waals surface area contributed by atoms with Gasteiger partial charge >= 0.3 is 0 Å². The third-order valence-corrected chi connectivity index (χ3v) is 4.26. The van der Waals surface area contributed by atoms with Gasteiger partial charge in [0.2, 0.25) is 5.91 Å². The maximum Gasteiger partial charge on any atom is 0.236 e. The van der Waals surface area contributed by atoms with E-state index in [9.17, 15) is 4.79 Å². The highest BCUT2D eigenvalue weighted by molar-refractivity contribution is 8.00. The van der Waals surface area contributed by atoms with Crippen LogP contribution in [0.2, 0.25) is 0 Å². The normalized spacial score (nSPS) is 23.6. The first-order valence-electron chi connectivity index (χ1n) is 5.63. The lowest BCUT2D eigenvalue weighted by Crippen LogP contribution is -2.25. The van der Waals surface area contributed by atoms with E-state index in [1.807, 2.05) is 30.5 Å². The molecule has 1 saturated heterocycles. The summed E-state index contributed by atoms with van der Waals surface area (Å²) < 4.78 is 5.11. The highest BCUT2D eigenvalue weighted by Gasteiger charge is 2.43. The van der Waals surface area contributed by atoms with Gasteiger partial charge in [0.25, 0.3) is 0 Å². The lowest BCUT2D eigenvalue weighted by molar-refractivity contribution is -0.126. The van der Waals surface area contributed by atoms with Crippen molar-refractivity contribution in [1.29, 1.82) is 5.41 Å². The van der Waals surface area contributed by atoms with Gasteiger partial charge in [-0.05, 0) is 24.0 Å². The summed E-state index contributed by atoms with van der Waals surface area (Å²) in [5, 5.41) is 7.86. The highest BCUT2D eigenvalue weighted by atomic mass is 32.2. The van der Waals surface area contributed by atoms with E-state index in [1.54, 1.807) is 25.9 Å². The van der Waals surface area contributed by atoms with Gasteiger partial charge in [0.05, 0.1) is 18.3 Å². The summed E-state index contributed by atoms with van der Waals surface area (Å²) in [6.45, 7) is 0. The molecule has 0 bridgehead atoms. The van der Waals surface area contributed by atoms with Gasteiger partial charge in [-0.1, -0.05) is 12.1 Å². The van der Waals surface area contributed by atoms with Crippen LogP contribution >= 0.6 is 11.8 Å². The molecule has 1 N–H and O–H groups in total. The van der Waals surface area contributed by atoms with Crippen molar-refractivity contribution in [3.8, 4) is 5.75 Å². The van der Waals surface area contributed by atoms with Crippen LogP contribution < -0.4 is 4.74 Å². The Bertz CT molecular complexity index is 472. The second-order valence-electron chi connectivity index (χ2n) is 4.19. The molecule has 2 rings (SSSR count). The van der Waals surface area contributed by atoms with Crippen molar-refractivity contribution in [2.75, 3.05) is 20.4 Å². The zero-order valence-electron chi connectivity index (χ0n) is 10.6. The molecule has 96 valence electrons. The lowest BCUT2D eigenvalue weighted by atomic mass is 9.97. The van der Waals surface area contributed by atoms with Crippen LogP contribution in [0.3, 0.4) is 0 Å². The van der Waals surface area contributed by atoms with Crippen LogP contribution in [-0.4, -0.2) is 42.3 Å². The lowest BCUT2D eigenvalue weighted by Gasteiger charge is -2.14. The molecular formula is C13H16N2O2S. The van der Waals surface area contributed by atoms with Gasteiger partial charge in [-0.3, -0.25) is 10.2 Å². The van der Waals surface area contributed by atoms with Crippen molar-refractivity contribution in [3.05, 3.63) is 29.8 Å². The van der Waals surface area contributed by atoms with E-state index in [-0.39, 0.29) is 17.1 Å². The maximum absolute atomic E-state index is 12.2. The summed E-state index contributed by atoms with van der Waals surface area (Å²) in [4.78, 5) is 13.6. The fraction of sp³-hybridized carbons (Fsp3) is 0.385. The van der Waals surface area contributed by atoms with E-state index in [4.69, 9.17) is 10.1 Å². The van der Waals surface area contributed by atoms with Crippen molar-refractivity contribution in [3.63, 3.8) is 0 Å². The van der Waals surface area contributed by atoms with Crippen molar-refractivity contribution < 1.29 is 9.53 Å². The van der Waals surface area contributed by atoms with E-state index in [2.05, 4.69) is 0 Å². The maximum atomic E-state index is 12.2. The number of methoxy groups -OCH3 is 1. The molecule has 5 heteroatoms. The molecule has 1 aliphatic heterocycles. The predicted molar refractivity (Wildman–Crippen MR) is 73.5 cm³/mol. The Morgan fingerprint density at radius 1 is 1.33 bits per heavy atom. The molecule has 0 aromatic heterocycles. The molecule has 0 aliphatic carbocycles. The third kappa shape index (κ3) is 1.99. The molecule has 1 aromatic carbocycles. The van der Waals surface area contributed by atoms with Gasteiger partial charge in [0, 0.05) is 7.05 Å². The number of likely N-dealkylation sites (N-methyl/N-ethyl adjacent to an activating group) is 1. The summed E-state index contributed by atoms with van der Waals surface area (Å²) in [6.07, 6.45) is 1.93. The molecule has 0 saturated carbocycles. The van der Waals surface area contributed by atoms with Crippen LogP contribution in [0.25, 0.3) is 0 Å². The predicted octanol–water partition coefficient (Wildman–Crippen LogP) is 1.96. The van der Waals surface area contributed by atoms with Gasteiger partial charge in [0.1, 0.15) is 11.6 Å². The number of ether oxygens (including phenoxy) is 1. The number of rotatable bonds is 3. The first kappa shape index (κ1) is 13.0. The highest BCUT2D eigenvalue weighted by Crippen LogP contribution is 2.36. The van der Waals surface area contributed by atoms with Crippen LogP contribution in [0.1, 0.15) is 11.5 Å². The minimum absolute atomic E-state index is 0.00971. The Balaban J connectivity index is 2.35. The number of likely N-dealkylation sites (tertiary alicyclic amines) is 1. The molecule has 1 fully saturated rings. The van der Waals surface area contributed by atoms with Gasteiger partial charge < -0.3 is 9.64 Å². The van der Waals surface area contributed by atoms with Gasteiger partial charge in [-0.15, -0.1) is 0 Å².